The average molecular weight is 412 g/mol. The highest BCUT2D eigenvalue weighted by Crippen LogP contribution is 1.97. The molecule has 0 spiro atoms. The molecule has 0 bridgehead atoms. The molecular weight excluding hydrogens is 386 g/mol. The molecule has 2 amide bonds. The Morgan fingerprint density at radius 2 is 1.73 bits per heavy atom. The molecule has 0 heterocycles. The number of hydrogen-bond acceptors (Lipinski definition) is 7. The van der Waals surface area contributed by atoms with Crippen LogP contribution in [0, 0.1) is 0 Å². The van der Waals surface area contributed by atoms with E-state index in [-0.39, 0.29) is 23.6 Å². The van der Waals surface area contributed by atoms with Crippen molar-refractivity contribution in [3.63, 3.8) is 0 Å². The van der Waals surface area contributed by atoms with Crippen molar-refractivity contribution in [2.75, 3.05) is 12.3 Å². The molecule has 7 N–H and O–H groups in total. The van der Waals surface area contributed by atoms with Crippen LogP contribution in [-0.4, -0.2) is 68.5 Å². The molecule has 150 valence electrons. The summed E-state index contributed by atoms with van der Waals surface area (Å²) in [4.78, 5) is 43.7. The van der Waals surface area contributed by atoms with Crippen molar-refractivity contribution in [2.24, 2.45) is 5.73 Å². The summed E-state index contributed by atoms with van der Waals surface area (Å²) in [6.45, 7) is 1.41. The second kappa shape index (κ2) is 15.3. The summed E-state index contributed by atoms with van der Waals surface area (Å²) < 4.78 is 0. The number of carbonyl (C=O) groups is 4. The fraction of sp³-hybridized carbons (Fsp3) is 0.643. The summed E-state index contributed by atoms with van der Waals surface area (Å²) in [5.41, 5.74) is 5.23. The topological polar surface area (TPSA) is 179 Å². The number of aliphatic hydroxyl groups is 1. The summed E-state index contributed by atoms with van der Waals surface area (Å²) in [7, 11) is 0. The van der Waals surface area contributed by atoms with Crippen molar-refractivity contribution >= 4 is 53.7 Å². The summed E-state index contributed by atoms with van der Waals surface area (Å²) >= 11 is 8.22. The van der Waals surface area contributed by atoms with Gasteiger partial charge in [-0.3, -0.25) is 19.2 Å². The Morgan fingerprint density at radius 3 is 2.08 bits per heavy atom. The first-order valence-corrected chi connectivity index (χ1v) is 8.69. The first kappa shape index (κ1) is 26.3. The highest BCUT2D eigenvalue weighted by molar-refractivity contribution is 7.80. The zero-order valence-electron chi connectivity index (χ0n) is 14.3. The second-order valence-electron chi connectivity index (χ2n) is 5.04. The van der Waals surface area contributed by atoms with E-state index in [0.29, 0.717) is 6.42 Å². The van der Waals surface area contributed by atoms with E-state index in [2.05, 4.69) is 35.5 Å². The first-order valence-electron chi connectivity index (χ1n) is 7.64. The predicted molar refractivity (Wildman–Crippen MR) is 101 cm³/mol. The molecule has 0 rings (SSSR count). The van der Waals surface area contributed by atoms with Gasteiger partial charge in [-0.05, 0) is 25.1 Å². The highest BCUT2D eigenvalue weighted by atomic mass is 32.1. The van der Waals surface area contributed by atoms with Gasteiger partial charge in [-0.25, -0.2) is 0 Å². The van der Waals surface area contributed by atoms with Crippen LogP contribution in [0.1, 0.15) is 32.6 Å². The predicted octanol–water partition coefficient (Wildman–Crippen LogP) is -0.534. The number of thiocarbonyl (C=S) groups is 1. The Labute approximate surface area is 161 Å². The minimum atomic E-state index is -1.22. The van der Waals surface area contributed by atoms with Crippen LogP contribution in [0.25, 0.3) is 0 Å². The standard InChI is InChI=1S/C10H17N3O6S.C4H8OS/c11-5(10(18)19)1-2-7(14)13-6(4-20)9(17)12-3-8(15)16;1-2-3-4(5)6/h5-6,20H,1-4,11H2,(H,12,17)(H,13,14)(H,15,16)(H,18,19);2-3H2,1H3,(H,5,6)/t5-,6-;/m0./s1. The van der Waals surface area contributed by atoms with Gasteiger partial charge in [0, 0.05) is 18.6 Å². The zero-order chi connectivity index (χ0) is 20.7. The Kier molecular flexibility index (Phi) is 15.5. The molecule has 0 fully saturated rings. The number of carbonyl (C=O) groups excluding carboxylic acids is 2. The van der Waals surface area contributed by atoms with E-state index in [9.17, 15) is 19.2 Å². The Morgan fingerprint density at radius 1 is 1.15 bits per heavy atom. The van der Waals surface area contributed by atoms with Crippen molar-refractivity contribution < 1.29 is 34.5 Å². The van der Waals surface area contributed by atoms with Gasteiger partial charge in [0.05, 0.1) is 0 Å². The summed E-state index contributed by atoms with van der Waals surface area (Å²) in [5, 5.41) is 29.8. The molecule has 26 heavy (non-hydrogen) atoms. The van der Waals surface area contributed by atoms with E-state index in [1.165, 1.54) is 0 Å². The van der Waals surface area contributed by atoms with Crippen LogP contribution in [0.15, 0.2) is 0 Å². The van der Waals surface area contributed by atoms with Gasteiger partial charge in [0.1, 0.15) is 18.6 Å². The summed E-state index contributed by atoms with van der Waals surface area (Å²) in [6.07, 6.45) is 1.37. The maximum atomic E-state index is 11.5. The lowest BCUT2D eigenvalue weighted by molar-refractivity contribution is -0.139. The average Bonchev–Trinajstić information content (AvgIpc) is 2.55. The molecular formula is C14H25N3O7S2. The van der Waals surface area contributed by atoms with Crippen LogP contribution in [0.2, 0.25) is 0 Å². The van der Waals surface area contributed by atoms with Crippen molar-refractivity contribution in [3.05, 3.63) is 0 Å². The highest BCUT2D eigenvalue weighted by Gasteiger charge is 2.20. The van der Waals surface area contributed by atoms with Crippen molar-refractivity contribution in [3.8, 4) is 0 Å². The molecule has 0 aliphatic heterocycles. The number of amides is 2. The first-order chi connectivity index (χ1) is 12.0. The van der Waals surface area contributed by atoms with Gasteiger partial charge in [-0.15, -0.1) is 0 Å². The third-order valence-electron chi connectivity index (χ3n) is 2.71. The number of carboxylic acids is 2. The maximum Gasteiger partial charge on any atom is 0.322 e. The number of rotatable bonds is 11. The largest absolute Gasteiger partial charge is 0.502 e. The minimum absolute atomic E-state index is 0.0256. The minimum Gasteiger partial charge on any atom is -0.502 e. The number of thiol groups is 1. The molecule has 0 aromatic heterocycles. The van der Waals surface area contributed by atoms with Crippen LogP contribution in [0.5, 0.6) is 0 Å². The number of aliphatic carboxylic acids is 2. The zero-order valence-corrected chi connectivity index (χ0v) is 16.0. The van der Waals surface area contributed by atoms with E-state index in [1.54, 1.807) is 0 Å². The Hall–Kier alpha value is -1.92. The molecule has 2 atom stereocenters. The third kappa shape index (κ3) is 15.6. The molecule has 0 unspecified atom stereocenters. The lowest BCUT2D eigenvalue weighted by atomic mass is 10.1. The van der Waals surface area contributed by atoms with E-state index in [0.717, 1.165) is 6.42 Å². The van der Waals surface area contributed by atoms with Crippen molar-refractivity contribution in [1.82, 2.24) is 10.6 Å². The molecule has 0 aromatic carbocycles. The molecule has 10 nitrogen and oxygen atoms in total. The van der Waals surface area contributed by atoms with Crippen molar-refractivity contribution in [2.45, 2.75) is 44.7 Å². The Bertz CT molecular complexity index is 503. The van der Waals surface area contributed by atoms with Crippen LogP contribution >= 0.6 is 24.8 Å². The monoisotopic (exact) mass is 411 g/mol. The molecule has 0 radical (unpaired) electrons. The summed E-state index contributed by atoms with van der Waals surface area (Å²) in [5.74, 6) is -3.70. The second-order valence-corrected chi connectivity index (χ2v) is 5.88. The molecule has 0 aromatic rings. The molecule has 0 saturated heterocycles. The van der Waals surface area contributed by atoms with Gasteiger partial charge in [-0.1, -0.05) is 6.92 Å². The number of aliphatic hydroxyl groups excluding tert-OH is 1. The van der Waals surface area contributed by atoms with Crippen LogP contribution in [0.3, 0.4) is 0 Å². The molecule has 0 saturated carbocycles. The Balaban J connectivity index is 0. The molecule has 12 heteroatoms. The summed E-state index contributed by atoms with van der Waals surface area (Å²) in [6, 6.07) is -2.15. The van der Waals surface area contributed by atoms with E-state index in [1.807, 2.05) is 6.92 Å². The maximum absolute atomic E-state index is 11.5. The SMILES string of the molecule is CCCC(O)=S.N[C@@H](CCC(=O)N[C@@H](CS)C(=O)NCC(=O)O)C(=O)O. The van der Waals surface area contributed by atoms with Gasteiger partial charge in [0.15, 0.2) is 5.05 Å². The fourth-order valence-corrected chi connectivity index (χ4v) is 1.83. The van der Waals surface area contributed by atoms with Gasteiger partial charge in [0.25, 0.3) is 0 Å². The van der Waals surface area contributed by atoms with Crippen LogP contribution in [-0.2, 0) is 19.2 Å². The number of nitrogens with one attached hydrogen (secondary N) is 2. The smallest absolute Gasteiger partial charge is 0.322 e. The van der Waals surface area contributed by atoms with Crippen molar-refractivity contribution in [1.29, 1.82) is 0 Å². The van der Waals surface area contributed by atoms with E-state index < -0.39 is 42.4 Å². The number of hydrogen-bond donors (Lipinski definition) is 7. The third-order valence-corrected chi connectivity index (χ3v) is 3.28. The quantitative estimate of drug-likeness (QED) is 0.174. The fourth-order valence-electron chi connectivity index (χ4n) is 1.37. The molecule has 0 aliphatic carbocycles. The van der Waals surface area contributed by atoms with Gasteiger partial charge >= 0.3 is 11.9 Å². The number of carboxylic acid groups (broad SMARTS) is 2. The van der Waals surface area contributed by atoms with Gasteiger partial charge < -0.3 is 31.7 Å². The lowest BCUT2D eigenvalue weighted by Gasteiger charge is -2.16. The van der Waals surface area contributed by atoms with Gasteiger partial charge in [-0.2, -0.15) is 12.6 Å². The van der Waals surface area contributed by atoms with Crippen LogP contribution < -0.4 is 16.4 Å². The van der Waals surface area contributed by atoms with E-state index >= 15 is 0 Å². The number of nitrogens with two attached hydrogens (primary N) is 1. The van der Waals surface area contributed by atoms with Crippen LogP contribution in [0.4, 0.5) is 0 Å². The molecule has 0 aliphatic rings. The van der Waals surface area contributed by atoms with E-state index in [4.69, 9.17) is 21.1 Å². The lowest BCUT2D eigenvalue weighted by Crippen LogP contribution is -2.49. The van der Waals surface area contributed by atoms with Gasteiger partial charge in [0.2, 0.25) is 11.8 Å². The normalized spacial score (nSPS) is 12.0.